The molecule has 0 aromatic rings. The smallest absolute Gasteiger partial charge is 0.351 e. The van der Waals surface area contributed by atoms with Crippen molar-refractivity contribution in [2.75, 3.05) is 21.3 Å². The Kier molecular flexibility index (Phi) is 3.92. The van der Waals surface area contributed by atoms with Gasteiger partial charge in [-0.1, -0.05) is 0 Å². The summed E-state index contributed by atoms with van der Waals surface area (Å²) in [6.07, 6.45) is -1.77. The maximum absolute atomic E-state index is 12.3. The molecule has 0 bridgehead atoms. The Morgan fingerprint density at radius 1 is 1.23 bits per heavy atom. The van der Waals surface area contributed by atoms with E-state index in [1.54, 1.807) is 0 Å². The minimum absolute atomic E-state index is 0.0880. The molecular weight excluding hydrogens is 300 g/mol. The van der Waals surface area contributed by atoms with Crippen LogP contribution in [0.2, 0.25) is 0 Å². The van der Waals surface area contributed by atoms with Crippen molar-refractivity contribution in [1.82, 2.24) is 0 Å². The van der Waals surface area contributed by atoms with Crippen LogP contribution in [-0.4, -0.2) is 67.4 Å². The van der Waals surface area contributed by atoms with E-state index in [1.165, 1.54) is 14.0 Å². The highest BCUT2D eigenvalue weighted by Gasteiger charge is 2.79. The molecule has 2 aliphatic heterocycles. The predicted molar refractivity (Wildman–Crippen MR) is 67.3 cm³/mol. The Morgan fingerprint density at radius 2 is 1.86 bits per heavy atom. The van der Waals surface area contributed by atoms with Crippen molar-refractivity contribution in [3.63, 3.8) is 0 Å². The standard InChI is InChI=1S/C13H18O9/c1-11(20-4)5-6-12(22-11)9(15)21-7(8(14)18-2)13(12,17)10(16)19-3/h7,17H,5-6H2,1-4H3/t7-,11?,12?,13-/m0/s1. The molecule has 0 aliphatic carbocycles. The average molecular weight is 318 g/mol. The molecule has 9 nitrogen and oxygen atoms in total. The summed E-state index contributed by atoms with van der Waals surface area (Å²) >= 11 is 0. The van der Waals surface area contributed by atoms with Crippen LogP contribution in [0.1, 0.15) is 19.8 Å². The van der Waals surface area contributed by atoms with Crippen molar-refractivity contribution in [1.29, 1.82) is 0 Å². The van der Waals surface area contributed by atoms with E-state index in [0.717, 1.165) is 14.2 Å². The number of carbonyl (C=O) groups is 3. The fourth-order valence-corrected chi connectivity index (χ4v) is 2.84. The zero-order chi connectivity index (χ0) is 16.8. The van der Waals surface area contributed by atoms with Gasteiger partial charge in [-0.2, -0.15) is 0 Å². The largest absolute Gasteiger partial charge is 0.467 e. The third kappa shape index (κ3) is 1.93. The Hall–Kier alpha value is -1.71. The average Bonchev–Trinajstić information content (AvgIpc) is 2.99. The van der Waals surface area contributed by atoms with Gasteiger partial charge in [0.05, 0.1) is 14.2 Å². The van der Waals surface area contributed by atoms with Crippen LogP contribution >= 0.6 is 0 Å². The maximum atomic E-state index is 12.3. The van der Waals surface area contributed by atoms with E-state index in [1.807, 2.05) is 0 Å². The van der Waals surface area contributed by atoms with Crippen molar-refractivity contribution in [2.45, 2.75) is 42.9 Å². The second kappa shape index (κ2) is 5.18. The number of carbonyl (C=O) groups excluding carboxylic acids is 3. The SMILES string of the molecule is COC(=O)[C@@H]1OC(=O)C2(CCC(C)(OC)O2)[C@@]1(O)C(=O)OC. The third-order valence-electron chi connectivity index (χ3n) is 4.21. The highest BCUT2D eigenvalue weighted by Crippen LogP contribution is 2.51. The third-order valence-corrected chi connectivity index (χ3v) is 4.21. The van der Waals surface area contributed by atoms with Gasteiger partial charge in [-0.25, -0.2) is 14.4 Å². The number of rotatable bonds is 3. The lowest BCUT2D eigenvalue weighted by molar-refractivity contribution is -0.259. The number of ether oxygens (including phenoxy) is 5. The Bertz CT molecular complexity index is 518. The van der Waals surface area contributed by atoms with Gasteiger partial charge in [-0.05, 0) is 13.3 Å². The molecule has 0 aromatic heterocycles. The molecule has 9 heteroatoms. The van der Waals surface area contributed by atoms with E-state index in [-0.39, 0.29) is 12.8 Å². The summed E-state index contributed by atoms with van der Waals surface area (Å²) in [5.74, 6) is -4.58. The van der Waals surface area contributed by atoms with E-state index in [4.69, 9.17) is 14.2 Å². The number of cyclic esters (lactones) is 1. The minimum atomic E-state index is -2.66. The monoisotopic (exact) mass is 318 g/mol. The van der Waals surface area contributed by atoms with Crippen molar-refractivity contribution in [2.24, 2.45) is 0 Å². The second-order valence-electron chi connectivity index (χ2n) is 5.33. The van der Waals surface area contributed by atoms with E-state index in [0.29, 0.717) is 0 Å². The second-order valence-corrected chi connectivity index (χ2v) is 5.33. The van der Waals surface area contributed by atoms with Crippen LogP contribution in [0.4, 0.5) is 0 Å². The van der Waals surface area contributed by atoms with Crippen LogP contribution < -0.4 is 0 Å². The molecule has 2 aliphatic rings. The normalized spacial score (nSPS) is 40.6. The molecule has 2 rings (SSSR count). The Morgan fingerprint density at radius 3 is 2.32 bits per heavy atom. The van der Waals surface area contributed by atoms with Gasteiger partial charge < -0.3 is 28.8 Å². The molecular formula is C13H18O9. The highest BCUT2D eigenvalue weighted by atomic mass is 16.7. The molecule has 0 saturated carbocycles. The number of aliphatic hydroxyl groups is 1. The van der Waals surface area contributed by atoms with Crippen LogP contribution in [0.3, 0.4) is 0 Å². The molecule has 1 spiro atoms. The molecule has 2 fully saturated rings. The molecule has 2 saturated heterocycles. The Labute approximate surface area is 126 Å². The van der Waals surface area contributed by atoms with Crippen molar-refractivity contribution < 1.29 is 43.2 Å². The molecule has 0 radical (unpaired) electrons. The predicted octanol–water partition coefficient (Wildman–Crippen LogP) is -1.10. The van der Waals surface area contributed by atoms with Crippen molar-refractivity contribution in [3.05, 3.63) is 0 Å². The summed E-state index contributed by atoms with van der Waals surface area (Å²) in [4.78, 5) is 36.2. The molecule has 4 atom stereocenters. The van der Waals surface area contributed by atoms with Crippen molar-refractivity contribution in [3.8, 4) is 0 Å². The highest BCUT2D eigenvalue weighted by molar-refractivity contribution is 6.02. The molecule has 1 N–H and O–H groups in total. The lowest BCUT2D eigenvalue weighted by Gasteiger charge is -2.35. The topological polar surface area (TPSA) is 118 Å². The lowest BCUT2D eigenvalue weighted by atomic mass is 9.79. The summed E-state index contributed by atoms with van der Waals surface area (Å²) in [6, 6.07) is 0. The van der Waals surface area contributed by atoms with Gasteiger partial charge in [0.15, 0.2) is 5.79 Å². The summed E-state index contributed by atoms with van der Waals surface area (Å²) in [7, 11) is 3.40. The molecule has 0 aromatic carbocycles. The number of esters is 3. The lowest BCUT2D eigenvalue weighted by Crippen LogP contribution is -2.65. The number of hydrogen-bond donors (Lipinski definition) is 1. The molecule has 0 amide bonds. The Balaban J connectivity index is 2.55. The molecule has 124 valence electrons. The van der Waals surface area contributed by atoms with Crippen LogP contribution in [0.15, 0.2) is 0 Å². The van der Waals surface area contributed by atoms with Gasteiger partial charge in [0.2, 0.25) is 11.7 Å². The van der Waals surface area contributed by atoms with E-state index in [2.05, 4.69) is 9.47 Å². The van der Waals surface area contributed by atoms with Gasteiger partial charge in [-0.15, -0.1) is 0 Å². The first-order valence-electron chi connectivity index (χ1n) is 6.56. The molecule has 2 unspecified atom stereocenters. The summed E-state index contributed by atoms with van der Waals surface area (Å²) in [5, 5.41) is 10.9. The first kappa shape index (κ1) is 16.7. The minimum Gasteiger partial charge on any atom is -0.467 e. The zero-order valence-corrected chi connectivity index (χ0v) is 12.7. The van der Waals surface area contributed by atoms with E-state index < -0.39 is 41.0 Å². The fourth-order valence-electron chi connectivity index (χ4n) is 2.84. The first-order valence-corrected chi connectivity index (χ1v) is 6.56. The van der Waals surface area contributed by atoms with Crippen LogP contribution in [0, 0.1) is 0 Å². The van der Waals surface area contributed by atoms with Gasteiger partial charge in [-0.3, -0.25) is 0 Å². The maximum Gasteiger partial charge on any atom is 0.351 e. The van der Waals surface area contributed by atoms with Crippen LogP contribution in [0.25, 0.3) is 0 Å². The summed E-state index contributed by atoms with van der Waals surface area (Å²) in [5.41, 5.74) is -4.76. The van der Waals surface area contributed by atoms with Crippen molar-refractivity contribution >= 4 is 17.9 Å². The number of hydrogen-bond acceptors (Lipinski definition) is 9. The summed E-state index contributed by atoms with van der Waals surface area (Å²) < 4.78 is 24.6. The first-order chi connectivity index (χ1) is 10.2. The van der Waals surface area contributed by atoms with Gasteiger partial charge in [0.25, 0.3) is 5.60 Å². The summed E-state index contributed by atoms with van der Waals surface area (Å²) in [6.45, 7) is 1.54. The molecule has 22 heavy (non-hydrogen) atoms. The fraction of sp³-hybridized carbons (Fsp3) is 0.769. The number of methoxy groups -OCH3 is 3. The quantitative estimate of drug-likeness (QED) is 0.511. The van der Waals surface area contributed by atoms with Gasteiger partial charge in [0.1, 0.15) is 0 Å². The van der Waals surface area contributed by atoms with Gasteiger partial charge >= 0.3 is 17.9 Å². The van der Waals surface area contributed by atoms with E-state index >= 15 is 0 Å². The van der Waals surface area contributed by atoms with Crippen LogP contribution in [-0.2, 0) is 38.1 Å². The van der Waals surface area contributed by atoms with Gasteiger partial charge in [0, 0.05) is 13.5 Å². The zero-order valence-electron chi connectivity index (χ0n) is 12.7. The molecule has 2 heterocycles. The van der Waals surface area contributed by atoms with E-state index in [9.17, 15) is 19.5 Å². The van der Waals surface area contributed by atoms with Crippen LogP contribution in [0.5, 0.6) is 0 Å².